The molecule has 0 radical (unpaired) electrons. The fraction of sp³-hybridized carbons (Fsp3) is 0.300. The van der Waals surface area contributed by atoms with Gasteiger partial charge in [-0.15, -0.1) is 0 Å². The Balaban J connectivity index is 2.63. The predicted molar refractivity (Wildman–Crippen MR) is 51.5 cm³/mol. The van der Waals surface area contributed by atoms with Gasteiger partial charge in [-0.05, 0) is 30.7 Å². The van der Waals surface area contributed by atoms with E-state index in [1.807, 2.05) is 6.92 Å². The summed E-state index contributed by atoms with van der Waals surface area (Å²) in [6.07, 6.45) is 0.943. The molecule has 14 heavy (non-hydrogen) atoms. The van der Waals surface area contributed by atoms with Crippen LogP contribution in [0.25, 0.3) is 0 Å². The first-order valence-electron chi connectivity index (χ1n) is 4.45. The summed E-state index contributed by atoms with van der Waals surface area (Å²) in [7, 11) is 0. The highest BCUT2D eigenvalue weighted by atomic mass is 16.5. The Kier molecular flexibility index (Phi) is 3.94. The molecule has 1 amide bonds. The van der Waals surface area contributed by atoms with Crippen molar-refractivity contribution < 1.29 is 14.7 Å². The van der Waals surface area contributed by atoms with E-state index < -0.39 is 5.91 Å². The number of benzene rings is 1. The van der Waals surface area contributed by atoms with Gasteiger partial charge in [0.25, 0.3) is 5.91 Å². The molecule has 0 aliphatic carbocycles. The number of ether oxygens (including phenoxy) is 1. The molecule has 0 spiro atoms. The van der Waals surface area contributed by atoms with Gasteiger partial charge in [0.05, 0.1) is 6.61 Å². The summed E-state index contributed by atoms with van der Waals surface area (Å²) in [5, 5.41) is 8.37. The molecule has 0 saturated carbocycles. The minimum Gasteiger partial charge on any atom is -0.494 e. The summed E-state index contributed by atoms with van der Waals surface area (Å²) >= 11 is 0. The van der Waals surface area contributed by atoms with E-state index in [2.05, 4.69) is 0 Å². The van der Waals surface area contributed by atoms with Gasteiger partial charge in [0.15, 0.2) is 0 Å². The lowest BCUT2D eigenvalue weighted by Gasteiger charge is -2.04. The summed E-state index contributed by atoms with van der Waals surface area (Å²) in [5.41, 5.74) is 1.96. The first kappa shape index (κ1) is 10.5. The monoisotopic (exact) mass is 195 g/mol. The van der Waals surface area contributed by atoms with E-state index in [0.717, 1.165) is 12.2 Å². The van der Waals surface area contributed by atoms with Crippen LogP contribution in [0.1, 0.15) is 23.7 Å². The molecule has 4 heteroatoms. The molecule has 0 aliphatic rings. The molecule has 0 bridgehead atoms. The SMILES string of the molecule is CCCOc1ccc(C(=O)NO)cc1. The summed E-state index contributed by atoms with van der Waals surface area (Å²) in [6, 6.07) is 6.58. The van der Waals surface area contributed by atoms with Crippen LogP contribution in [0.4, 0.5) is 0 Å². The second-order valence-electron chi connectivity index (χ2n) is 2.81. The van der Waals surface area contributed by atoms with Crippen molar-refractivity contribution in [3.63, 3.8) is 0 Å². The molecule has 0 fully saturated rings. The van der Waals surface area contributed by atoms with Crippen LogP contribution >= 0.6 is 0 Å². The zero-order chi connectivity index (χ0) is 10.4. The highest BCUT2D eigenvalue weighted by Crippen LogP contribution is 2.12. The Bertz CT molecular complexity index is 295. The van der Waals surface area contributed by atoms with Gasteiger partial charge in [-0.3, -0.25) is 10.0 Å². The number of hydroxylamine groups is 1. The third-order valence-corrected chi connectivity index (χ3v) is 1.69. The molecule has 76 valence electrons. The number of carbonyl (C=O) groups excluding carboxylic acids is 1. The molecule has 0 unspecified atom stereocenters. The minimum absolute atomic E-state index is 0.399. The summed E-state index contributed by atoms with van der Waals surface area (Å²) in [6.45, 7) is 2.68. The molecule has 0 aliphatic heterocycles. The number of rotatable bonds is 4. The van der Waals surface area contributed by atoms with Crippen molar-refractivity contribution in [2.45, 2.75) is 13.3 Å². The number of carbonyl (C=O) groups is 1. The van der Waals surface area contributed by atoms with Gasteiger partial charge < -0.3 is 4.74 Å². The fourth-order valence-corrected chi connectivity index (χ4v) is 0.987. The van der Waals surface area contributed by atoms with Crippen molar-refractivity contribution in [2.24, 2.45) is 0 Å². The molecule has 0 atom stereocenters. The van der Waals surface area contributed by atoms with Crippen LogP contribution in [0.5, 0.6) is 5.75 Å². The molecule has 4 nitrogen and oxygen atoms in total. The van der Waals surface area contributed by atoms with E-state index in [9.17, 15) is 4.79 Å². The third kappa shape index (κ3) is 2.74. The van der Waals surface area contributed by atoms with Crippen molar-refractivity contribution in [1.29, 1.82) is 0 Å². The van der Waals surface area contributed by atoms with E-state index in [1.165, 1.54) is 0 Å². The van der Waals surface area contributed by atoms with Crippen LogP contribution in [0, 0.1) is 0 Å². The average molecular weight is 195 g/mol. The van der Waals surface area contributed by atoms with Crippen LogP contribution in [0.15, 0.2) is 24.3 Å². The van der Waals surface area contributed by atoms with Crippen molar-refractivity contribution >= 4 is 5.91 Å². The van der Waals surface area contributed by atoms with Crippen molar-refractivity contribution in [1.82, 2.24) is 5.48 Å². The highest BCUT2D eigenvalue weighted by Gasteiger charge is 2.02. The van der Waals surface area contributed by atoms with Gasteiger partial charge in [-0.25, -0.2) is 5.48 Å². The molecule has 0 heterocycles. The van der Waals surface area contributed by atoms with E-state index in [0.29, 0.717) is 12.2 Å². The Hall–Kier alpha value is -1.55. The molecule has 1 aromatic carbocycles. The quantitative estimate of drug-likeness (QED) is 0.566. The maximum atomic E-state index is 10.9. The highest BCUT2D eigenvalue weighted by molar-refractivity contribution is 5.93. The Morgan fingerprint density at radius 1 is 1.43 bits per heavy atom. The van der Waals surface area contributed by atoms with Gasteiger partial charge in [0.1, 0.15) is 5.75 Å². The normalized spacial score (nSPS) is 9.57. The van der Waals surface area contributed by atoms with Gasteiger partial charge in [0, 0.05) is 5.56 Å². The second kappa shape index (κ2) is 5.24. The molecular formula is C10H13NO3. The molecular weight excluding hydrogens is 182 g/mol. The minimum atomic E-state index is -0.521. The Labute approximate surface area is 82.5 Å². The van der Waals surface area contributed by atoms with Crippen molar-refractivity contribution in [3.8, 4) is 5.75 Å². The van der Waals surface area contributed by atoms with Crippen LogP contribution in [0.2, 0.25) is 0 Å². The maximum Gasteiger partial charge on any atom is 0.274 e. The first-order valence-corrected chi connectivity index (χ1v) is 4.45. The van der Waals surface area contributed by atoms with Crippen molar-refractivity contribution in [3.05, 3.63) is 29.8 Å². The molecule has 1 aromatic rings. The van der Waals surface area contributed by atoms with Gasteiger partial charge >= 0.3 is 0 Å². The zero-order valence-corrected chi connectivity index (χ0v) is 7.99. The number of amides is 1. The Morgan fingerprint density at radius 3 is 2.57 bits per heavy atom. The van der Waals surface area contributed by atoms with Crippen LogP contribution < -0.4 is 10.2 Å². The molecule has 1 rings (SSSR count). The summed E-state index contributed by atoms with van der Waals surface area (Å²) in [5.74, 6) is 0.202. The maximum absolute atomic E-state index is 10.9. The summed E-state index contributed by atoms with van der Waals surface area (Å²) < 4.78 is 5.33. The van der Waals surface area contributed by atoms with Crippen LogP contribution in [-0.4, -0.2) is 17.7 Å². The standard InChI is InChI=1S/C10H13NO3/c1-2-7-14-9-5-3-8(4-6-9)10(12)11-13/h3-6,13H,2,7H2,1H3,(H,11,12). The molecule has 2 N–H and O–H groups in total. The van der Waals surface area contributed by atoms with Gasteiger partial charge in [0.2, 0.25) is 0 Å². The third-order valence-electron chi connectivity index (χ3n) is 1.69. The van der Waals surface area contributed by atoms with E-state index >= 15 is 0 Å². The van der Waals surface area contributed by atoms with Crippen LogP contribution in [0.3, 0.4) is 0 Å². The van der Waals surface area contributed by atoms with Crippen LogP contribution in [-0.2, 0) is 0 Å². The summed E-state index contributed by atoms with van der Waals surface area (Å²) in [4.78, 5) is 10.9. The largest absolute Gasteiger partial charge is 0.494 e. The lowest BCUT2D eigenvalue weighted by atomic mass is 10.2. The number of hydrogen-bond donors (Lipinski definition) is 2. The molecule has 0 saturated heterocycles. The van der Waals surface area contributed by atoms with E-state index in [4.69, 9.17) is 9.94 Å². The van der Waals surface area contributed by atoms with Gasteiger partial charge in [-0.1, -0.05) is 6.92 Å². The molecule has 0 aromatic heterocycles. The number of hydrogen-bond acceptors (Lipinski definition) is 3. The smallest absolute Gasteiger partial charge is 0.274 e. The first-order chi connectivity index (χ1) is 6.77. The van der Waals surface area contributed by atoms with E-state index in [-0.39, 0.29) is 0 Å². The lowest BCUT2D eigenvalue weighted by molar-refractivity contribution is 0.0706. The fourth-order valence-electron chi connectivity index (χ4n) is 0.987. The predicted octanol–water partition coefficient (Wildman–Crippen LogP) is 1.59. The number of nitrogens with one attached hydrogen (secondary N) is 1. The topological polar surface area (TPSA) is 58.6 Å². The Morgan fingerprint density at radius 2 is 2.07 bits per heavy atom. The lowest BCUT2D eigenvalue weighted by Crippen LogP contribution is -2.18. The second-order valence-corrected chi connectivity index (χ2v) is 2.81. The van der Waals surface area contributed by atoms with Crippen molar-refractivity contribution in [2.75, 3.05) is 6.61 Å². The van der Waals surface area contributed by atoms with Gasteiger partial charge in [-0.2, -0.15) is 0 Å². The van der Waals surface area contributed by atoms with E-state index in [1.54, 1.807) is 29.7 Å². The zero-order valence-electron chi connectivity index (χ0n) is 7.99. The average Bonchev–Trinajstić information content (AvgIpc) is 2.26.